The van der Waals surface area contributed by atoms with E-state index in [9.17, 15) is 0 Å². The molecule has 0 nitrogen and oxygen atoms in total. The van der Waals surface area contributed by atoms with Crippen molar-refractivity contribution in [1.82, 2.24) is 0 Å². The summed E-state index contributed by atoms with van der Waals surface area (Å²) in [5, 5.41) is 0. The Bertz CT molecular complexity index is 594. The van der Waals surface area contributed by atoms with Gasteiger partial charge in [0.15, 0.2) is 0 Å². The molecule has 0 aliphatic heterocycles. The van der Waals surface area contributed by atoms with Crippen LogP contribution < -0.4 is 51.4 Å². The average molecular weight is 404 g/mol. The molecule has 0 spiro atoms. The fraction of sp³-hybridized carbons (Fsp3) is 0.600. The smallest absolute Gasteiger partial charge is 1.00 e. The van der Waals surface area contributed by atoms with Crippen LogP contribution in [0.3, 0.4) is 0 Å². The molecule has 2 aliphatic carbocycles. The Balaban J connectivity index is -0.00000121. The van der Waals surface area contributed by atoms with Crippen molar-refractivity contribution < 1.29 is 78.9 Å². The average Bonchev–Trinajstić information content (AvgIpc) is 2.63. The number of rotatable bonds is 2. The van der Waals surface area contributed by atoms with Gasteiger partial charge < -0.3 is 4.28 Å². The van der Waals surface area contributed by atoms with Gasteiger partial charge in [0.1, 0.15) is 0 Å². The third-order valence-corrected chi connectivity index (χ3v) is 12.5. The van der Waals surface area contributed by atoms with E-state index in [0.29, 0.717) is 0 Å². The SMILES string of the molecule is CC1=C(C)C(C)(C)[C]([Zr+2][C]2=C(C)C(C)=C(C)C2(C)C)=C1C.[H-].[H-].[H-].[K+]. The van der Waals surface area contributed by atoms with Gasteiger partial charge in [-0.15, -0.1) is 0 Å². The van der Waals surface area contributed by atoms with E-state index in [4.69, 9.17) is 0 Å². The van der Waals surface area contributed by atoms with Crippen molar-refractivity contribution in [3.8, 4) is 0 Å². The number of hydrogen-bond donors (Lipinski definition) is 0. The zero-order chi connectivity index (χ0) is 16.3. The second-order valence-corrected chi connectivity index (χ2v) is 10.9. The Morgan fingerprint density at radius 3 is 1.05 bits per heavy atom. The Morgan fingerprint density at radius 1 is 0.591 bits per heavy atom. The molecule has 22 heavy (non-hydrogen) atoms. The molecule has 0 bridgehead atoms. The summed E-state index contributed by atoms with van der Waals surface area (Å²) in [5.41, 5.74) is 10.0. The molecule has 0 aromatic rings. The van der Waals surface area contributed by atoms with E-state index in [1.165, 1.54) is 0 Å². The molecule has 2 rings (SSSR count). The molecule has 0 unspecified atom stereocenters. The minimum Gasteiger partial charge on any atom is -1.00 e. The molecule has 2 aliphatic rings. The van der Waals surface area contributed by atoms with Crippen LogP contribution in [0.5, 0.6) is 0 Å². The minimum absolute atomic E-state index is 0. The van der Waals surface area contributed by atoms with E-state index < -0.39 is 23.2 Å². The van der Waals surface area contributed by atoms with Crippen molar-refractivity contribution in [3.63, 3.8) is 0 Å². The predicted octanol–water partition coefficient (Wildman–Crippen LogP) is 3.71. The van der Waals surface area contributed by atoms with E-state index in [2.05, 4.69) is 69.2 Å². The first kappa shape index (κ1) is 21.5. The van der Waals surface area contributed by atoms with Crippen molar-refractivity contribution in [2.45, 2.75) is 69.2 Å². The summed E-state index contributed by atoms with van der Waals surface area (Å²) in [5.74, 6) is 0. The Kier molecular flexibility index (Phi) is 6.85. The van der Waals surface area contributed by atoms with E-state index >= 15 is 0 Å². The monoisotopic (exact) mass is 402 g/mol. The molecule has 0 saturated heterocycles. The summed E-state index contributed by atoms with van der Waals surface area (Å²) >= 11 is -0.730. The summed E-state index contributed by atoms with van der Waals surface area (Å²) in [7, 11) is 0. The van der Waals surface area contributed by atoms with E-state index in [-0.39, 0.29) is 66.5 Å². The normalized spacial score (nSPS) is 23.4. The second-order valence-electron chi connectivity index (χ2n) is 7.88. The first-order valence-corrected chi connectivity index (χ1v) is 10.5. The number of allylic oxidation sites excluding steroid dienone is 8. The number of hydrogen-bond acceptors (Lipinski definition) is 0. The molecule has 0 radical (unpaired) electrons. The van der Waals surface area contributed by atoms with Crippen LogP contribution in [0, 0.1) is 10.8 Å². The first-order chi connectivity index (χ1) is 9.44. The minimum atomic E-state index is -0.730. The zero-order valence-corrected chi connectivity index (χ0v) is 22.1. The maximum absolute atomic E-state index is 2.43. The van der Waals surface area contributed by atoms with Gasteiger partial charge in [-0.2, -0.15) is 0 Å². The maximum atomic E-state index is 2.43. The van der Waals surface area contributed by atoms with Crippen LogP contribution in [0.1, 0.15) is 73.5 Å². The molecule has 0 atom stereocenters. The van der Waals surface area contributed by atoms with Crippen LogP contribution >= 0.6 is 0 Å². The van der Waals surface area contributed by atoms with Crippen molar-refractivity contribution in [1.29, 1.82) is 0 Å². The molecular formula is C20H33KZr. The molecule has 0 N–H and O–H groups in total. The predicted molar refractivity (Wildman–Crippen MR) is 93.0 cm³/mol. The molecular weight excluding hydrogens is 371 g/mol. The first-order valence-electron chi connectivity index (χ1n) is 8.00. The molecule has 118 valence electrons. The quantitative estimate of drug-likeness (QED) is 0.617. The van der Waals surface area contributed by atoms with Gasteiger partial charge in [0.2, 0.25) is 0 Å². The molecule has 0 saturated carbocycles. The van der Waals surface area contributed by atoms with Crippen molar-refractivity contribution in [2.24, 2.45) is 10.8 Å². The summed E-state index contributed by atoms with van der Waals surface area (Å²) in [6.07, 6.45) is 0. The van der Waals surface area contributed by atoms with Crippen molar-refractivity contribution in [3.05, 3.63) is 40.0 Å². The summed E-state index contributed by atoms with van der Waals surface area (Å²) in [6.45, 7) is 23.7. The third-order valence-electron chi connectivity index (χ3n) is 6.38. The van der Waals surface area contributed by atoms with Crippen LogP contribution in [-0.2, 0) is 23.2 Å². The van der Waals surface area contributed by atoms with Gasteiger partial charge in [-0.3, -0.25) is 0 Å². The van der Waals surface area contributed by atoms with E-state index in [0.717, 1.165) is 0 Å². The fourth-order valence-corrected chi connectivity index (χ4v) is 8.73. The fourth-order valence-electron chi connectivity index (χ4n) is 3.81. The van der Waals surface area contributed by atoms with E-state index in [1.807, 2.05) is 0 Å². The molecule has 0 amide bonds. The maximum Gasteiger partial charge on any atom is 1.00 e. The second kappa shape index (κ2) is 7.00. The molecule has 0 aromatic carbocycles. The van der Waals surface area contributed by atoms with E-state index in [1.54, 1.807) is 40.0 Å². The molecule has 0 heterocycles. The Hall–Kier alpha value is 1.48. The van der Waals surface area contributed by atoms with Crippen LogP contribution in [0.4, 0.5) is 0 Å². The molecule has 0 fully saturated rings. The zero-order valence-electron chi connectivity index (χ0n) is 19.5. The van der Waals surface area contributed by atoms with Gasteiger partial charge in [0.05, 0.1) is 0 Å². The third kappa shape index (κ3) is 3.15. The van der Waals surface area contributed by atoms with Gasteiger partial charge in [0, 0.05) is 0 Å². The van der Waals surface area contributed by atoms with Crippen LogP contribution in [0.15, 0.2) is 40.0 Å². The van der Waals surface area contributed by atoms with Crippen LogP contribution in [-0.4, -0.2) is 0 Å². The molecule has 2 heteroatoms. The van der Waals surface area contributed by atoms with Crippen LogP contribution in [0.2, 0.25) is 0 Å². The largest absolute Gasteiger partial charge is 1.00 e. The van der Waals surface area contributed by atoms with Crippen LogP contribution in [0.25, 0.3) is 0 Å². The van der Waals surface area contributed by atoms with Crippen molar-refractivity contribution in [2.75, 3.05) is 0 Å². The van der Waals surface area contributed by atoms with Crippen molar-refractivity contribution >= 4 is 0 Å². The Labute approximate surface area is 196 Å². The standard InChI is InChI=1S/2C10H15.K.Zr.3H/c2*1-7-6-10(4,5)9(3)8(7)2;;;;;/h2*1-5H3;;;;;/q;;+1;+2;3*-1. The molecule has 0 aromatic heterocycles. The summed E-state index contributed by atoms with van der Waals surface area (Å²) in [4.78, 5) is 0. The van der Waals surface area contributed by atoms with Gasteiger partial charge in [0.25, 0.3) is 0 Å². The topological polar surface area (TPSA) is 0 Å². The van der Waals surface area contributed by atoms with Gasteiger partial charge in [-0.1, -0.05) is 0 Å². The Morgan fingerprint density at radius 2 is 0.864 bits per heavy atom. The van der Waals surface area contributed by atoms with Gasteiger partial charge >= 0.3 is 195 Å². The van der Waals surface area contributed by atoms with Gasteiger partial charge in [-0.25, -0.2) is 0 Å². The summed E-state index contributed by atoms with van der Waals surface area (Å²) in [6, 6.07) is 0. The van der Waals surface area contributed by atoms with Gasteiger partial charge in [-0.05, 0) is 0 Å². The summed E-state index contributed by atoms with van der Waals surface area (Å²) < 4.78 is 3.59.